The van der Waals surface area contributed by atoms with Gasteiger partial charge in [-0.1, -0.05) is 30.3 Å². The Morgan fingerprint density at radius 3 is 2.40 bits per heavy atom. The van der Waals surface area contributed by atoms with Gasteiger partial charge in [0.2, 0.25) is 5.91 Å². The van der Waals surface area contributed by atoms with Crippen LogP contribution in [-0.4, -0.2) is 48.1 Å². The number of benzene rings is 1. The molecule has 138 valence electrons. The van der Waals surface area contributed by atoms with Gasteiger partial charge in [0.1, 0.15) is 6.61 Å². The molecule has 0 heterocycles. The summed E-state index contributed by atoms with van der Waals surface area (Å²) in [5, 5.41) is 6.21. The van der Waals surface area contributed by atoms with E-state index < -0.39 is 0 Å². The Kier molecular flexibility index (Phi) is 7.25. The molecule has 1 aromatic rings. The lowest BCUT2D eigenvalue weighted by molar-refractivity contribution is -0.133. The van der Waals surface area contributed by atoms with Gasteiger partial charge in [0.25, 0.3) is 0 Å². The Bertz CT molecular complexity index is 554. The molecule has 2 amide bonds. The number of hydrogen-bond donors (Lipinski definition) is 2. The van der Waals surface area contributed by atoms with Crippen LogP contribution in [0.1, 0.15) is 39.2 Å². The fourth-order valence-electron chi connectivity index (χ4n) is 3.04. The lowest BCUT2D eigenvalue weighted by atomic mass is 9.86. The van der Waals surface area contributed by atoms with Gasteiger partial charge < -0.3 is 20.3 Å². The maximum Gasteiger partial charge on any atom is 0.407 e. The number of alkyl carbamates (subject to hydrolysis) is 1. The van der Waals surface area contributed by atoms with Crippen molar-refractivity contribution in [3.63, 3.8) is 0 Å². The Balaban J connectivity index is 1.63. The van der Waals surface area contributed by atoms with E-state index >= 15 is 0 Å². The van der Waals surface area contributed by atoms with Crippen molar-refractivity contribution in [2.75, 3.05) is 13.1 Å². The summed E-state index contributed by atoms with van der Waals surface area (Å²) in [6, 6.07) is 9.77. The molecule has 2 N–H and O–H groups in total. The summed E-state index contributed by atoms with van der Waals surface area (Å²) in [4.78, 5) is 25.9. The Labute approximate surface area is 149 Å². The molecule has 25 heavy (non-hydrogen) atoms. The summed E-state index contributed by atoms with van der Waals surface area (Å²) < 4.78 is 5.22. The highest BCUT2D eigenvalue weighted by molar-refractivity contribution is 5.81. The predicted molar refractivity (Wildman–Crippen MR) is 97.1 cm³/mol. The molecule has 1 aromatic carbocycles. The minimum Gasteiger partial charge on any atom is -0.445 e. The average molecular weight is 347 g/mol. The normalized spacial score (nSPS) is 20.3. The molecule has 0 saturated heterocycles. The number of nitrogens with zero attached hydrogens (tertiary/aromatic N) is 1. The highest BCUT2D eigenvalue weighted by Gasteiger charge is 2.33. The topological polar surface area (TPSA) is 70.7 Å². The van der Waals surface area contributed by atoms with Crippen LogP contribution in [0, 0.1) is 0 Å². The second kappa shape index (κ2) is 9.42. The standard InChI is InChI=1S/C19H29N3O3/c1-4-22(5-2)18(23)14(3)20-16-11-17(12-16)21-19(24)25-13-15-9-7-6-8-10-15/h6-10,14,16-17,20H,4-5,11-13H2,1-3H3,(H,21,24). The quantitative estimate of drug-likeness (QED) is 0.757. The minimum atomic E-state index is -0.389. The summed E-state index contributed by atoms with van der Waals surface area (Å²) in [6.45, 7) is 7.59. The number of rotatable bonds is 8. The van der Waals surface area contributed by atoms with Gasteiger partial charge in [0, 0.05) is 25.2 Å². The molecule has 0 aliphatic heterocycles. The van der Waals surface area contributed by atoms with E-state index in [1.54, 1.807) is 0 Å². The van der Waals surface area contributed by atoms with E-state index in [1.165, 1.54) is 0 Å². The first-order valence-corrected chi connectivity index (χ1v) is 9.05. The molecule has 1 saturated carbocycles. The first-order chi connectivity index (χ1) is 12.0. The fraction of sp³-hybridized carbons (Fsp3) is 0.579. The third kappa shape index (κ3) is 5.74. The lowest BCUT2D eigenvalue weighted by Gasteiger charge is -2.38. The van der Waals surface area contributed by atoms with Gasteiger partial charge >= 0.3 is 6.09 Å². The third-order valence-electron chi connectivity index (χ3n) is 4.60. The highest BCUT2D eigenvalue weighted by atomic mass is 16.5. The summed E-state index contributed by atoms with van der Waals surface area (Å²) >= 11 is 0. The molecule has 6 nitrogen and oxygen atoms in total. The predicted octanol–water partition coefficient (Wildman–Crippen LogP) is 2.29. The van der Waals surface area contributed by atoms with E-state index in [9.17, 15) is 9.59 Å². The molecule has 0 spiro atoms. The van der Waals surface area contributed by atoms with E-state index in [1.807, 2.05) is 56.0 Å². The SMILES string of the molecule is CCN(CC)C(=O)C(C)NC1CC(NC(=O)OCc2ccccc2)C1. The molecule has 0 radical (unpaired) electrons. The first-order valence-electron chi connectivity index (χ1n) is 9.05. The fourth-order valence-corrected chi connectivity index (χ4v) is 3.04. The first kappa shape index (κ1) is 19.2. The maximum atomic E-state index is 12.2. The molecule has 0 aromatic heterocycles. The van der Waals surface area contributed by atoms with Crippen molar-refractivity contribution in [3.8, 4) is 0 Å². The molecule has 1 fully saturated rings. The van der Waals surface area contributed by atoms with E-state index in [2.05, 4.69) is 10.6 Å². The van der Waals surface area contributed by atoms with Crippen LogP contribution in [-0.2, 0) is 16.1 Å². The Hall–Kier alpha value is -2.08. The molecule has 1 aliphatic carbocycles. The van der Waals surface area contributed by atoms with Crippen LogP contribution in [0.3, 0.4) is 0 Å². The zero-order valence-electron chi connectivity index (χ0n) is 15.3. The zero-order chi connectivity index (χ0) is 18.2. The number of likely N-dealkylation sites (N-methyl/N-ethyl adjacent to an activating group) is 1. The maximum absolute atomic E-state index is 12.2. The van der Waals surface area contributed by atoms with Crippen molar-refractivity contribution in [1.82, 2.24) is 15.5 Å². The van der Waals surface area contributed by atoms with E-state index in [0.29, 0.717) is 0 Å². The average Bonchev–Trinajstić information content (AvgIpc) is 2.59. The Morgan fingerprint density at radius 1 is 1.16 bits per heavy atom. The van der Waals surface area contributed by atoms with Crippen molar-refractivity contribution >= 4 is 12.0 Å². The van der Waals surface area contributed by atoms with Crippen molar-refractivity contribution < 1.29 is 14.3 Å². The van der Waals surface area contributed by atoms with Gasteiger partial charge in [-0.15, -0.1) is 0 Å². The molecule has 1 aliphatic rings. The highest BCUT2D eigenvalue weighted by Crippen LogP contribution is 2.21. The number of ether oxygens (including phenoxy) is 1. The second-order valence-electron chi connectivity index (χ2n) is 6.47. The molecular formula is C19H29N3O3. The van der Waals surface area contributed by atoms with Crippen LogP contribution in [0.5, 0.6) is 0 Å². The number of carbonyl (C=O) groups is 2. The molecular weight excluding hydrogens is 318 g/mol. The van der Waals surface area contributed by atoms with Crippen LogP contribution >= 0.6 is 0 Å². The molecule has 0 bridgehead atoms. The second-order valence-corrected chi connectivity index (χ2v) is 6.47. The zero-order valence-corrected chi connectivity index (χ0v) is 15.3. The van der Waals surface area contributed by atoms with E-state index in [-0.39, 0.29) is 36.7 Å². The molecule has 1 unspecified atom stereocenters. The number of amides is 2. The van der Waals surface area contributed by atoms with Gasteiger partial charge in [-0.3, -0.25) is 4.79 Å². The number of nitrogens with one attached hydrogen (secondary N) is 2. The largest absolute Gasteiger partial charge is 0.445 e. The van der Waals surface area contributed by atoms with Crippen LogP contribution in [0.25, 0.3) is 0 Å². The minimum absolute atomic E-state index is 0.108. The lowest BCUT2D eigenvalue weighted by Crippen LogP contribution is -2.57. The van der Waals surface area contributed by atoms with E-state index in [4.69, 9.17) is 4.74 Å². The van der Waals surface area contributed by atoms with Crippen LogP contribution in [0.2, 0.25) is 0 Å². The van der Waals surface area contributed by atoms with Gasteiger partial charge in [-0.2, -0.15) is 0 Å². The van der Waals surface area contributed by atoms with Crippen molar-refractivity contribution in [3.05, 3.63) is 35.9 Å². The van der Waals surface area contributed by atoms with Crippen molar-refractivity contribution in [1.29, 1.82) is 0 Å². The van der Waals surface area contributed by atoms with Crippen molar-refractivity contribution in [2.24, 2.45) is 0 Å². The molecule has 1 atom stereocenters. The molecule has 2 rings (SSSR count). The summed E-state index contributed by atoms with van der Waals surface area (Å²) in [5.41, 5.74) is 0.967. The summed E-state index contributed by atoms with van der Waals surface area (Å²) in [7, 11) is 0. The van der Waals surface area contributed by atoms with Gasteiger partial charge in [0.15, 0.2) is 0 Å². The molecule has 6 heteroatoms. The number of carbonyl (C=O) groups excluding carboxylic acids is 2. The van der Waals surface area contributed by atoms with Gasteiger partial charge in [0.05, 0.1) is 6.04 Å². The summed E-state index contributed by atoms with van der Waals surface area (Å²) in [5.74, 6) is 0.128. The Morgan fingerprint density at radius 2 is 1.80 bits per heavy atom. The third-order valence-corrected chi connectivity index (χ3v) is 4.60. The van der Waals surface area contributed by atoms with Crippen molar-refractivity contribution in [2.45, 2.75) is 58.3 Å². The smallest absolute Gasteiger partial charge is 0.407 e. The van der Waals surface area contributed by atoms with Crippen LogP contribution < -0.4 is 10.6 Å². The van der Waals surface area contributed by atoms with Crippen LogP contribution in [0.15, 0.2) is 30.3 Å². The van der Waals surface area contributed by atoms with E-state index in [0.717, 1.165) is 31.5 Å². The van der Waals surface area contributed by atoms with Gasteiger partial charge in [-0.25, -0.2) is 4.79 Å². The summed E-state index contributed by atoms with van der Waals surface area (Å²) in [6.07, 6.45) is 1.24. The number of hydrogen-bond acceptors (Lipinski definition) is 4. The van der Waals surface area contributed by atoms with Crippen LogP contribution in [0.4, 0.5) is 4.79 Å². The monoisotopic (exact) mass is 347 g/mol. The van der Waals surface area contributed by atoms with Gasteiger partial charge in [-0.05, 0) is 39.2 Å².